The zero-order chi connectivity index (χ0) is 20.1. The molecule has 28 heavy (non-hydrogen) atoms. The molecule has 0 saturated carbocycles. The fourth-order valence-corrected chi connectivity index (χ4v) is 3.20. The summed E-state index contributed by atoms with van der Waals surface area (Å²) in [5.74, 6) is 0.0641. The van der Waals surface area contributed by atoms with E-state index in [-0.39, 0.29) is 17.2 Å². The van der Waals surface area contributed by atoms with Crippen LogP contribution in [0.5, 0.6) is 5.75 Å². The van der Waals surface area contributed by atoms with Gasteiger partial charge in [0.05, 0.1) is 29.2 Å². The lowest BCUT2D eigenvalue weighted by Gasteiger charge is -2.35. The molecule has 0 atom stereocenters. The summed E-state index contributed by atoms with van der Waals surface area (Å²) in [5, 5.41) is 19.9. The van der Waals surface area contributed by atoms with Crippen molar-refractivity contribution in [3.8, 4) is 11.8 Å². The Morgan fingerprint density at radius 3 is 2.43 bits per heavy atom. The summed E-state index contributed by atoms with van der Waals surface area (Å²) in [5.41, 5.74) is 1.81. The van der Waals surface area contributed by atoms with Gasteiger partial charge in [0.2, 0.25) is 0 Å². The van der Waals surface area contributed by atoms with Crippen molar-refractivity contribution < 1.29 is 14.5 Å². The molecule has 0 spiro atoms. The average Bonchev–Trinajstić information content (AvgIpc) is 2.73. The molecule has 1 aliphatic heterocycles. The van der Waals surface area contributed by atoms with Crippen molar-refractivity contribution in [1.29, 1.82) is 5.26 Å². The predicted octanol–water partition coefficient (Wildman–Crippen LogP) is 2.43. The first-order chi connectivity index (χ1) is 13.5. The third-order valence-corrected chi connectivity index (χ3v) is 4.77. The van der Waals surface area contributed by atoms with Crippen LogP contribution in [0.25, 0.3) is 0 Å². The number of ether oxygens (including phenoxy) is 1. The summed E-state index contributed by atoms with van der Waals surface area (Å²) in [7, 11) is 1.44. The van der Waals surface area contributed by atoms with E-state index in [1.165, 1.54) is 25.3 Å². The molecule has 0 bridgehead atoms. The van der Waals surface area contributed by atoms with E-state index in [2.05, 4.69) is 11.0 Å². The van der Waals surface area contributed by atoms with Gasteiger partial charge in [-0.15, -0.1) is 0 Å². The zero-order valence-electron chi connectivity index (χ0n) is 15.5. The highest BCUT2D eigenvalue weighted by molar-refractivity contribution is 5.97. The number of hydrogen-bond donors (Lipinski definition) is 0. The van der Waals surface area contributed by atoms with Gasteiger partial charge in [0.25, 0.3) is 11.6 Å². The first-order valence-electron chi connectivity index (χ1n) is 8.85. The number of nitriles is 1. The Morgan fingerprint density at radius 2 is 1.86 bits per heavy atom. The van der Waals surface area contributed by atoms with Gasteiger partial charge in [-0.3, -0.25) is 19.8 Å². The third-order valence-electron chi connectivity index (χ3n) is 4.77. The van der Waals surface area contributed by atoms with E-state index < -0.39 is 4.92 Å². The number of nitrogens with zero attached hydrogens (tertiary/aromatic N) is 4. The number of carbonyl (C=O) groups is 1. The minimum Gasteiger partial charge on any atom is -0.496 e. The Kier molecular flexibility index (Phi) is 5.87. The lowest BCUT2D eigenvalue weighted by atomic mass is 10.1. The van der Waals surface area contributed by atoms with Gasteiger partial charge < -0.3 is 9.64 Å². The molecule has 1 heterocycles. The fourth-order valence-electron chi connectivity index (χ4n) is 3.20. The topological polar surface area (TPSA) is 99.7 Å². The summed E-state index contributed by atoms with van der Waals surface area (Å²) in [6.45, 7) is 3.20. The fraction of sp³-hybridized carbons (Fsp3) is 0.300. The molecule has 2 aromatic carbocycles. The van der Waals surface area contributed by atoms with Crippen LogP contribution < -0.4 is 4.74 Å². The molecule has 0 unspecified atom stereocenters. The number of nitro groups is 1. The van der Waals surface area contributed by atoms with Gasteiger partial charge in [-0.1, -0.05) is 12.1 Å². The quantitative estimate of drug-likeness (QED) is 0.583. The number of nitro benzene ring substituents is 1. The highest BCUT2D eigenvalue weighted by Gasteiger charge is 2.26. The molecule has 0 radical (unpaired) electrons. The molecule has 0 aromatic heterocycles. The molecule has 3 rings (SSSR count). The number of amides is 1. The molecule has 144 valence electrons. The minimum absolute atomic E-state index is 0.136. The van der Waals surface area contributed by atoms with Gasteiger partial charge in [-0.2, -0.15) is 5.26 Å². The Balaban J connectivity index is 1.64. The highest BCUT2D eigenvalue weighted by Crippen LogP contribution is 2.26. The lowest BCUT2D eigenvalue weighted by Crippen LogP contribution is -2.48. The monoisotopic (exact) mass is 380 g/mol. The summed E-state index contributed by atoms with van der Waals surface area (Å²) >= 11 is 0. The standard InChI is InChI=1S/C20H20N4O4/c1-28-19-7-6-17(24(26)27)12-18(19)20(25)23-10-8-22(9-11-23)14-16-4-2-15(13-21)3-5-16/h2-7,12H,8-11,14H2,1H3. The van der Waals surface area contributed by atoms with E-state index in [1.54, 1.807) is 17.0 Å². The van der Waals surface area contributed by atoms with Crippen LogP contribution in [0.4, 0.5) is 5.69 Å². The van der Waals surface area contributed by atoms with Crippen molar-refractivity contribution >= 4 is 11.6 Å². The zero-order valence-corrected chi connectivity index (χ0v) is 15.5. The van der Waals surface area contributed by atoms with Crippen molar-refractivity contribution in [2.24, 2.45) is 0 Å². The maximum Gasteiger partial charge on any atom is 0.270 e. The van der Waals surface area contributed by atoms with Crippen molar-refractivity contribution in [2.75, 3.05) is 33.3 Å². The van der Waals surface area contributed by atoms with Crippen LogP contribution in [0.15, 0.2) is 42.5 Å². The van der Waals surface area contributed by atoms with E-state index >= 15 is 0 Å². The molecular weight excluding hydrogens is 360 g/mol. The molecule has 1 fully saturated rings. The van der Waals surface area contributed by atoms with E-state index in [4.69, 9.17) is 10.00 Å². The van der Waals surface area contributed by atoms with Gasteiger partial charge in [0, 0.05) is 44.9 Å². The molecule has 0 aliphatic carbocycles. The molecule has 1 aliphatic rings. The number of non-ortho nitro benzene ring substituents is 1. The second-order valence-electron chi connectivity index (χ2n) is 6.52. The van der Waals surface area contributed by atoms with E-state index in [0.29, 0.717) is 37.5 Å². The molecule has 8 nitrogen and oxygen atoms in total. The van der Waals surface area contributed by atoms with Crippen molar-refractivity contribution in [3.63, 3.8) is 0 Å². The van der Waals surface area contributed by atoms with Crippen molar-refractivity contribution in [3.05, 3.63) is 69.3 Å². The SMILES string of the molecule is COc1ccc([N+](=O)[O-])cc1C(=O)N1CCN(Cc2ccc(C#N)cc2)CC1. The smallest absolute Gasteiger partial charge is 0.270 e. The second kappa shape index (κ2) is 8.50. The van der Waals surface area contributed by atoms with Crippen LogP contribution in [-0.4, -0.2) is 53.9 Å². The van der Waals surface area contributed by atoms with Crippen molar-refractivity contribution in [2.45, 2.75) is 6.54 Å². The summed E-state index contributed by atoms with van der Waals surface area (Å²) in [4.78, 5) is 27.3. The number of methoxy groups -OCH3 is 1. The van der Waals surface area contributed by atoms with Crippen molar-refractivity contribution in [1.82, 2.24) is 9.80 Å². The summed E-state index contributed by atoms with van der Waals surface area (Å²) < 4.78 is 5.21. The number of benzene rings is 2. The molecular formula is C20H20N4O4. The van der Waals surface area contributed by atoms with Gasteiger partial charge in [0.1, 0.15) is 5.75 Å². The Labute approximate surface area is 162 Å². The second-order valence-corrected chi connectivity index (χ2v) is 6.52. The van der Waals surface area contributed by atoms with E-state index in [9.17, 15) is 14.9 Å². The molecule has 0 N–H and O–H groups in total. The number of hydrogen-bond acceptors (Lipinski definition) is 6. The first-order valence-corrected chi connectivity index (χ1v) is 8.85. The largest absolute Gasteiger partial charge is 0.496 e. The molecule has 8 heteroatoms. The van der Waals surface area contributed by atoms with Gasteiger partial charge in [-0.25, -0.2) is 0 Å². The van der Waals surface area contributed by atoms with Crippen LogP contribution in [0.1, 0.15) is 21.5 Å². The highest BCUT2D eigenvalue weighted by atomic mass is 16.6. The van der Waals surface area contributed by atoms with Gasteiger partial charge in [-0.05, 0) is 23.8 Å². The molecule has 2 aromatic rings. The predicted molar refractivity (Wildman–Crippen MR) is 102 cm³/mol. The maximum absolute atomic E-state index is 12.9. The lowest BCUT2D eigenvalue weighted by molar-refractivity contribution is -0.384. The Bertz CT molecular complexity index is 913. The van der Waals surface area contributed by atoms with E-state index in [0.717, 1.165) is 12.1 Å². The average molecular weight is 380 g/mol. The Hall–Kier alpha value is -3.44. The third kappa shape index (κ3) is 4.27. The summed E-state index contributed by atoms with van der Waals surface area (Å²) in [6.07, 6.45) is 0. The minimum atomic E-state index is -0.522. The van der Waals surface area contributed by atoms with E-state index in [1.807, 2.05) is 12.1 Å². The van der Waals surface area contributed by atoms with Gasteiger partial charge in [0.15, 0.2) is 0 Å². The summed E-state index contributed by atoms with van der Waals surface area (Å²) in [6, 6.07) is 13.6. The molecule has 1 saturated heterocycles. The normalized spacial score (nSPS) is 14.4. The van der Waals surface area contributed by atoms with Gasteiger partial charge >= 0.3 is 0 Å². The Morgan fingerprint density at radius 1 is 1.18 bits per heavy atom. The first kappa shape index (κ1) is 19.3. The number of carbonyl (C=O) groups excluding carboxylic acids is 1. The van der Waals surface area contributed by atoms with Crippen LogP contribution in [0.2, 0.25) is 0 Å². The number of rotatable bonds is 5. The van der Waals surface area contributed by atoms with Crippen LogP contribution >= 0.6 is 0 Å². The molecule has 1 amide bonds. The van der Waals surface area contributed by atoms with Crippen LogP contribution in [-0.2, 0) is 6.54 Å². The number of piperazine rings is 1. The van der Waals surface area contributed by atoms with Crippen LogP contribution in [0, 0.1) is 21.4 Å². The maximum atomic E-state index is 12.9. The van der Waals surface area contributed by atoms with Crippen LogP contribution in [0.3, 0.4) is 0 Å².